The highest BCUT2D eigenvalue weighted by molar-refractivity contribution is 7.90. The van der Waals surface area contributed by atoms with Gasteiger partial charge in [-0.1, -0.05) is 30.3 Å². The fourth-order valence-electron chi connectivity index (χ4n) is 3.15. The number of benzene rings is 1. The van der Waals surface area contributed by atoms with Crippen LogP contribution in [0.25, 0.3) is 0 Å². The van der Waals surface area contributed by atoms with Crippen molar-refractivity contribution >= 4 is 16.0 Å². The number of aliphatic carboxylic acids is 1. The first-order chi connectivity index (χ1) is 11.0. The largest absolute Gasteiger partial charge is 0.480 e. The Morgan fingerprint density at radius 2 is 2.09 bits per heavy atom. The second kappa shape index (κ2) is 6.59. The predicted octanol–water partition coefficient (Wildman–Crippen LogP) is 1.34. The van der Waals surface area contributed by atoms with E-state index < -0.39 is 27.3 Å². The SMILES string of the molecule is O=C(O)C(CC1CCOC1)NS(=O)(=O)C1CC1c1ccccc1. The minimum absolute atomic E-state index is 0.0436. The van der Waals surface area contributed by atoms with E-state index in [0.29, 0.717) is 19.6 Å². The zero-order valence-corrected chi connectivity index (χ0v) is 13.5. The van der Waals surface area contributed by atoms with Crippen molar-refractivity contribution < 1.29 is 23.1 Å². The first kappa shape index (κ1) is 16.4. The van der Waals surface area contributed by atoms with E-state index in [1.54, 1.807) is 0 Å². The van der Waals surface area contributed by atoms with Crippen LogP contribution < -0.4 is 4.72 Å². The van der Waals surface area contributed by atoms with E-state index in [9.17, 15) is 18.3 Å². The summed E-state index contributed by atoms with van der Waals surface area (Å²) in [6.45, 7) is 1.12. The highest BCUT2D eigenvalue weighted by Crippen LogP contribution is 2.45. The normalized spacial score (nSPS) is 28.4. The lowest BCUT2D eigenvalue weighted by atomic mass is 10.00. The summed E-state index contributed by atoms with van der Waals surface area (Å²) in [7, 11) is -3.64. The molecule has 0 radical (unpaired) electrons. The molecule has 126 valence electrons. The van der Waals surface area contributed by atoms with Crippen molar-refractivity contribution in [3.63, 3.8) is 0 Å². The molecule has 23 heavy (non-hydrogen) atoms. The number of nitrogens with one attached hydrogen (secondary N) is 1. The molecule has 7 heteroatoms. The summed E-state index contributed by atoms with van der Waals surface area (Å²) in [4.78, 5) is 11.4. The lowest BCUT2D eigenvalue weighted by Gasteiger charge is -2.17. The molecular weight excluding hydrogens is 318 g/mol. The zero-order valence-electron chi connectivity index (χ0n) is 12.7. The number of carboxylic acid groups (broad SMARTS) is 1. The van der Waals surface area contributed by atoms with E-state index >= 15 is 0 Å². The fourth-order valence-corrected chi connectivity index (χ4v) is 4.97. The molecular formula is C16H21NO5S. The molecule has 2 N–H and O–H groups in total. The van der Waals surface area contributed by atoms with Gasteiger partial charge in [0.15, 0.2) is 0 Å². The van der Waals surface area contributed by atoms with Gasteiger partial charge in [-0.2, -0.15) is 0 Å². The third kappa shape index (κ3) is 3.91. The maximum absolute atomic E-state index is 12.5. The summed E-state index contributed by atoms with van der Waals surface area (Å²) < 4.78 is 32.5. The van der Waals surface area contributed by atoms with Crippen molar-refractivity contribution in [1.82, 2.24) is 4.72 Å². The molecule has 4 unspecified atom stereocenters. The summed E-state index contributed by atoms with van der Waals surface area (Å²) >= 11 is 0. The van der Waals surface area contributed by atoms with Gasteiger partial charge >= 0.3 is 5.97 Å². The van der Waals surface area contributed by atoms with Crippen LogP contribution in [0, 0.1) is 5.92 Å². The second-order valence-corrected chi connectivity index (χ2v) is 8.24. The van der Waals surface area contributed by atoms with Crippen molar-refractivity contribution in [2.45, 2.75) is 36.5 Å². The number of carbonyl (C=O) groups is 1. The van der Waals surface area contributed by atoms with Crippen LogP contribution in [0.5, 0.6) is 0 Å². The summed E-state index contributed by atoms with van der Waals surface area (Å²) in [5.74, 6) is -1.07. The standard InChI is InChI=1S/C16H21NO5S/c18-16(19)14(8-11-6-7-22-10-11)17-23(20,21)15-9-13(15)12-4-2-1-3-5-12/h1-5,11,13-15,17H,6-10H2,(H,18,19). The molecule has 1 aromatic carbocycles. The molecule has 1 saturated carbocycles. The molecule has 2 fully saturated rings. The van der Waals surface area contributed by atoms with E-state index in [0.717, 1.165) is 12.0 Å². The smallest absolute Gasteiger partial charge is 0.321 e. The zero-order chi connectivity index (χ0) is 16.4. The van der Waals surface area contributed by atoms with E-state index in [2.05, 4.69) is 4.72 Å². The molecule has 0 bridgehead atoms. The Bertz CT molecular complexity index is 654. The van der Waals surface area contributed by atoms with E-state index in [4.69, 9.17) is 4.74 Å². The number of carboxylic acids is 1. The van der Waals surface area contributed by atoms with Crippen LogP contribution in [-0.4, -0.2) is 44.0 Å². The Labute approximate surface area is 135 Å². The average Bonchev–Trinajstić information content (AvgIpc) is 3.19. The van der Waals surface area contributed by atoms with Gasteiger partial charge in [-0.05, 0) is 30.7 Å². The summed E-state index contributed by atoms with van der Waals surface area (Å²) in [5.41, 5.74) is 0.985. The molecule has 0 amide bonds. The van der Waals surface area contributed by atoms with E-state index in [1.807, 2.05) is 30.3 Å². The Morgan fingerprint density at radius 3 is 2.70 bits per heavy atom. The lowest BCUT2D eigenvalue weighted by Crippen LogP contribution is -2.43. The van der Waals surface area contributed by atoms with E-state index in [1.165, 1.54) is 0 Å². The molecule has 0 aromatic heterocycles. The van der Waals surface area contributed by atoms with Gasteiger partial charge in [0.2, 0.25) is 10.0 Å². The van der Waals surface area contributed by atoms with Crippen LogP contribution in [0.4, 0.5) is 0 Å². The van der Waals surface area contributed by atoms with Gasteiger partial charge < -0.3 is 9.84 Å². The number of rotatable bonds is 7. The lowest BCUT2D eigenvalue weighted by molar-refractivity contribution is -0.139. The van der Waals surface area contributed by atoms with Gasteiger partial charge in [0.05, 0.1) is 5.25 Å². The number of hydrogen-bond acceptors (Lipinski definition) is 4. The van der Waals surface area contributed by atoms with Crippen LogP contribution >= 0.6 is 0 Å². The first-order valence-corrected chi connectivity index (χ1v) is 9.38. The second-order valence-electron chi connectivity index (χ2n) is 6.31. The molecule has 2 aliphatic rings. The summed E-state index contributed by atoms with van der Waals surface area (Å²) in [6, 6.07) is 8.38. The topological polar surface area (TPSA) is 92.7 Å². The van der Waals surface area contributed by atoms with Crippen molar-refractivity contribution in [3.8, 4) is 0 Å². The molecule has 3 rings (SSSR count). The van der Waals surface area contributed by atoms with Crippen LogP contribution in [0.3, 0.4) is 0 Å². The third-order valence-electron chi connectivity index (χ3n) is 4.56. The molecule has 6 nitrogen and oxygen atoms in total. The Balaban J connectivity index is 1.64. The van der Waals surface area contributed by atoms with Crippen molar-refractivity contribution in [2.75, 3.05) is 13.2 Å². The average molecular weight is 339 g/mol. The number of hydrogen-bond donors (Lipinski definition) is 2. The van der Waals surface area contributed by atoms with Gasteiger partial charge in [-0.25, -0.2) is 13.1 Å². The number of sulfonamides is 1. The minimum atomic E-state index is -3.64. The predicted molar refractivity (Wildman–Crippen MR) is 84.6 cm³/mol. The first-order valence-electron chi connectivity index (χ1n) is 7.84. The third-order valence-corrected chi connectivity index (χ3v) is 6.49. The van der Waals surface area contributed by atoms with Crippen molar-refractivity contribution in [1.29, 1.82) is 0 Å². The van der Waals surface area contributed by atoms with Crippen molar-refractivity contribution in [2.24, 2.45) is 5.92 Å². The Morgan fingerprint density at radius 1 is 1.35 bits per heavy atom. The number of ether oxygens (including phenoxy) is 1. The molecule has 1 aliphatic heterocycles. The quantitative estimate of drug-likeness (QED) is 0.782. The molecule has 4 atom stereocenters. The Hall–Kier alpha value is -1.44. The molecule has 1 aromatic rings. The van der Waals surface area contributed by atoms with Gasteiger partial charge in [-0.3, -0.25) is 4.79 Å². The fraction of sp³-hybridized carbons (Fsp3) is 0.562. The minimum Gasteiger partial charge on any atom is -0.480 e. The molecule has 0 spiro atoms. The molecule has 1 saturated heterocycles. The highest BCUT2D eigenvalue weighted by Gasteiger charge is 2.49. The highest BCUT2D eigenvalue weighted by atomic mass is 32.2. The van der Waals surface area contributed by atoms with Crippen LogP contribution in [0.1, 0.15) is 30.7 Å². The van der Waals surface area contributed by atoms with E-state index in [-0.39, 0.29) is 18.3 Å². The molecule has 1 aliphatic carbocycles. The molecule has 1 heterocycles. The maximum atomic E-state index is 12.5. The summed E-state index contributed by atoms with van der Waals surface area (Å²) in [5, 5.41) is 8.78. The summed E-state index contributed by atoms with van der Waals surface area (Å²) in [6.07, 6.45) is 1.59. The van der Waals surface area contributed by atoms with Crippen molar-refractivity contribution in [3.05, 3.63) is 35.9 Å². The monoisotopic (exact) mass is 339 g/mol. The van der Waals surface area contributed by atoms with Gasteiger partial charge in [0.25, 0.3) is 0 Å². The van der Waals surface area contributed by atoms with Crippen LogP contribution in [0.15, 0.2) is 30.3 Å². The van der Waals surface area contributed by atoms with Gasteiger partial charge in [0, 0.05) is 19.1 Å². The Kier molecular flexibility index (Phi) is 4.70. The van der Waals surface area contributed by atoms with Crippen LogP contribution in [0.2, 0.25) is 0 Å². The van der Waals surface area contributed by atoms with Gasteiger partial charge in [-0.15, -0.1) is 0 Å². The maximum Gasteiger partial charge on any atom is 0.321 e. The van der Waals surface area contributed by atoms with Gasteiger partial charge in [0.1, 0.15) is 6.04 Å². The van der Waals surface area contributed by atoms with Crippen LogP contribution in [-0.2, 0) is 19.6 Å².